The van der Waals surface area contributed by atoms with Crippen LogP contribution in [0.25, 0.3) is 0 Å². The number of benzene rings is 1. The van der Waals surface area contributed by atoms with Gasteiger partial charge in [0, 0.05) is 38.6 Å². The molecule has 0 saturated carbocycles. The lowest BCUT2D eigenvalue weighted by molar-refractivity contribution is 0.562. The Balaban J connectivity index is 3.25. The van der Waals surface area contributed by atoms with Crippen molar-refractivity contribution in [1.29, 1.82) is 0 Å². The second-order valence-corrected chi connectivity index (χ2v) is 3.80. The third kappa shape index (κ3) is 2.35. The molecule has 0 amide bonds. The van der Waals surface area contributed by atoms with E-state index in [0.717, 1.165) is 24.5 Å². The number of rotatable bonds is 5. The van der Waals surface area contributed by atoms with Gasteiger partial charge in [-0.2, -0.15) is 0 Å². The van der Waals surface area contributed by atoms with Crippen molar-refractivity contribution in [3.63, 3.8) is 0 Å². The highest BCUT2D eigenvalue weighted by Crippen LogP contribution is 2.27. The summed E-state index contributed by atoms with van der Waals surface area (Å²) < 4.78 is 0. The molecule has 1 radical (unpaired) electrons. The molecule has 0 atom stereocenters. The Bertz CT molecular complexity index is 335. The van der Waals surface area contributed by atoms with Crippen molar-refractivity contribution >= 4 is 17.7 Å². The molecule has 16 heavy (non-hydrogen) atoms. The van der Waals surface area contributed by atoms with Crippen LogP contribution >= 0.6 is 0 Å². The van der Waals surface area contributed by atoms with Gasteiger partial charge in [0.25, 0.3) is 0 Å². The molecule has 0 unspecified atom stereocenters. The van der Waals surface area contributed by atoms with Crippen LogP contribution in [0.2, 0.25) is 0 Å². The Morgan fingerprint density at radius 1 is 1.06 bits per heavy atom. The second kappa shape index (κ2) is 5.54. The number of anilines is 2. The molecule has 3 nitrogen and oxygen atoms in total. The van der Waals surface area contributed by atoms with Crippen molar-refractivity contribution in [1.82, 2.24) is 0 Å². The lowest BCUT2D eigenvalue weighted by Crippen LogP contribution is -2.21. The van der Waals surface area contributed by atoms with Crippen molar-refractivity contribution in [2.45, 2.75) is 13.8 Å². The largest absolute Gasteiger partial charge is 0.374 e. The number of hydrogen-bond acceptors (Lipinski definition) is 3. The second-order valence-electron chi connectivity index (χ2n) is 3.80. The van der Waals surface area contributed by atoms with E-state index in [1.807, 2.05) is 42.1 Å². The highest BCUT2D eigenvalue weighted by Gasteiger charge is 2.13. The lowest BCUT2D eigenvalue weighted by atomic mass is 10.1. The normalized spacial score (nSPS) is 10.0. The summed E-state index contributed by atoms with van der Waals surface area (Å²) in [4.78, 5) is 15.2. The van der Waals surface area contributed by atoms with Crippen LogP contribution in [0.1, 0.15) is 19.4 Å². The maximum Gasteiger partial charge on any atom is 0.237 e. The fourth-order valence-electron chi connectivity index (χ4n) is 1.61. The van der Waals surface area contributed by atoms with Gasteiger partial charge in [0.05, 0.1) is 5.56 Å². The molecule has 0 aliphatic rings. The molecule has 0 fully saturated rings. The molecule has 0 aliphatic heterocycles. The first-order valence-electron chi connectivity index (χ1n) is 5.59. The summed E-state index contributed by atoms with van der Waals surface area (Å²) in [5.74, 6) is 0. The Kier molecular flexibility index (Phi) is 4.35. The molecule has 0 aliphatic carbocycles. The van der Waals surface area contributed by atoms with Crippen LogP contribution < -0.4 is 9.80 Å². The molecule has 0 N–H and O–H groups in total. The van der Waals surface area contributed by atoms with Crippen LogP contribution in [0.4, 0.5) is 11.4 Å². The quantitative estimate of drug-likeness (QED) is 0.757. The van der Waals surface area contributed by atoms with Crippen molar-refractivity contribution in [3.05, 3.63) is 23.8 Å². The third-order valence-electron chi connectivity index (χ3n) is 2.89. The van der Waals surface area contributed by atoms with E-state index in [1.165, 1.54) is 0 Å². The zero-order valence-electron chi connectivity index (χ0n) is 10.4. The predicted molar refractivity (Wildman–Crippen MR) is 69.1 cm³/mol. The maximum absolute atomic E-state index is 11.1. The molecule has 0 aromatic heterocycles. The van der Waals surface area contributed by atoms with Crippen LogP contribution in [0.5, 0.6) is 0 Å². The summed E-state index contributed by atoms with van der Waals surface area (Å²) in [6, 6.07) is 5.89. The van der Waals surface area contributed by atoms with Crippen molar-refractivity contribution < 1.29 is 4.79 Å². The monoisotopic (exact) mass is 219 g/mol. The van der Waals surface area contributed by atoms with Gasteiger partial charge < -0.3 is 9.80 Å². The zero-order valence-corrected chi connectivity index (χ0v) is 10.4. The Morgan fingerprint density at radius 2 is 1.50 bits per heavy atom. The molecular weight excluding hydrogens is 200 g/mol. The molecular formula is C13H19N2O. The van der Waals surface area contributed by atoms with Crippen molar-refractivity contribution in [2.75, 3.05) is 37.0 Å². The molecule has 87 valence electrons. The number of carbonyl (C=O) groups excluding carboxylic acids is 1. The average molecular weight is 219 g/mol. The van der Waals surface area contributed by atoms with E-state index < -0.39 is 0 Å². The van der Waals surface area contributed by atoms with Gasteiger partial charge in [0.1, 0.15) is 0 Å². The van der Waals surface area contributed by atoms with E-state index in [2.05, 4.69) is 20.1 Å². The summed E-state index contributed by atoms with van der Waals surface area (Å²) in [5, 5.41) is 0. The van der Waals surface area contributed by atoms with Gasteiger partial charge in [-0.25, -0.2) is 0 Å². The van der Waals surface area contributed by atoms with Gasteiger partial charge in [-0.05, 0) is 26.0 Å². The molecule has 3 heteroatoms. The molecule has 0 heterocycles. The smallest absolute Gasteiger partial charge is 0.237 e. The van der Waals surface area contributed by atoms with Gasteiger partial charge >= 0.3 is 0 Å². The predicted octanol–water partition coefficient (Wildman–Crippen LogP) is 2.06. The first-order valence-corrected chi connectivity index (χ1v) is 5.59. The van der Waals surface area contributed by atoms with E-state index in [4.69, 9.17) is 0 Å². The van der Waals surface area contributed by atoms with Crippen LogP contribution in [0, 0.1) is 0 Å². The van der Waals surface area contributed by atoms with Gasteiger partial charge in [-0.1, -0.05) is 6.07 Å². The lowest BCUT2D eigenvalue weighted by Gasteiger charge is -2.24. The van der Waals surface area contributed by atoms with E-state index in [-0.39, 0.29) is 0 Å². The highest BCUT2D eigenvalue weighted by atomic mass is 16.1. The van der Waals surface area contributed by atoms with E-state index in [1.54, 1.807) is 0 Å². The van der Waals surface area contributed by atoms with Gasteiger partial charge in [0.2, 0.25) is 6.29 Å². The minimum Gasteiger partial charge on any atom is -0.374 e. The van der Waals surface area contributed by atoms with Gasteiger partial charge in [-0.15, -0.1) is 0 Å². The highest BCUT2D eigenvalue weighted by molar-refractivity contribution is 5.93. The number of hydrogen-bond donors (Lipinski definition) is 0. The summed E-state index contributed by atoms with van der Waals surface area (Å²) in [5.41, 5.74) is 2.53. The molecule has 1 aromatic rings. The zero-order chi connectivity index (χ0) is 12.1. The van der Waals surface area contributed by atoms with Crippen LogP contribution in [-0.4, -0.2) is 33.5 Å². The minimum atomic E-state index is 0.649. The van der Waals surface area contributed by atoms with Gasteiger partial charge in [-0.3, -0.25) is 4.79 Å². The van der Waals surface area contributed by atoms with E-state index in [0.29, 0.717) is 5.56 Å². The fourth-order valence-corrected chi connectivity index (χ4v) is 1.61. The first kappa shape index (κ1) is 12.6. The minimum absolute atomic E-state index is 0.649. The summed E-state index contributed by atoms with van der Waals surface area (Å²) in [6.45, 7) is 5.86. The SMILES string of the molecule is CCN(C)c1cccc(N(C)CC)c1[C]=O. The van der Waals surface area contributed by atoms with Crippen LogP contribution in [0.3, 0.4) is 0 Å². The standard InChI is InChI=1S/C13H19N2O/c1-5-14(3)12-8-7-9-13(11(12)10-16)15(4)6-2/h7-9H,5-6H2,1-4H3. The topological polar surface area (TPSA) is 23.6 Å². The van der Waals surface area contributed by atoms with E-state index in [9.17, 15) is 4.79 Å². The molecule has 1 aromatic carbocycles. The average Bonchev–Trinajstić information content (AvgIpc) is 2.35. The summed E-state index contributed by atoms with van der Waals surface area (Å²) in [7, 11) is 3.96. The molecule has 0 spiro atoms. The Morgan fingerprint density at radius 3 is 1.81 bits per heavy atom. The molecule has 0 saturated heterocycles. The van der Waals surface area contributed by atoms with Crippen molar-refractivity contribution in [2.24, 2.45) is 0 Å². The first-order chi connectivity index (χ1) is 7.65. The Hall–Kier alpha value is -1.51. The van der Waals surface area contributed by atoms with Crippen LogP contribution in [0.15, 0.2) is 18.2 Å². The molecule has 0 bridgehead atoms. The van der Waals surface area contributed by atoms with E-state index >= 15 is 0 Å². The van der Waals surface area contributed by atoms with Gasteiger partial charge in [0.15, 0.2) is 0 Å². The third-order valence-corrected chi connectivity index (χ3v) is 2.89. The maximum atomic E-state index is 11.1. The van der Waals surface area contributed by atoms with Crippen molar-refractivity contribution in [3.8, 4) is 0 Å². The summed E-state index contributed by atoms with van der Waals surface area (Å²) in [6.07, 6.45) is 2.06. The molecule has 1 rings (SSSR count). The Labute approximate surface area is 97.7 Å². The fraction of sp³-hybridized carbons (Fsp3) is 0.462. The summed E-state index contributed by atoms with van der Waals surface area (Å²) >= 11 is 0. The van der Waals surface area contributed by atoms with Crippen LogP contribution in [-0.2, 0) is 4.79 Å². The number of nitrogens with zero attached hydrogens (tertiary/aromatic N) is 2.